The van der Waals surface area contributed by atoms with Crippen molar-refractivity contribution in [3.8, 4) is 0 Å². The van der Waals surface area contributed by atoms with Crippen molar-refractivity contribution >= 4 is 0 Å². The highest BCUT2D eigenvalue weighted by Gasteiger charge is 2.55. The Balaban J connectivity index is 1.53. The largest absolute Gasteiger partial charge is 0.314 e. The van der Waals surface area contributed by atoms with Gasteiger partial charge in [-0.25, -0.2) is 0 Å². The van der Waals surface area contributed by atoms with Crippen molar-refractivity contribution in [3.05, 3.63) is 0 Å². The van der Waals surface area contributed by atoms with Crippen LogP contribution in [-0.4, -0.2) is 12.6 Å². The molecule has 98 valence electrons. The molecule has 0 spiro atoms. The third-order valence-electron chi connectivity index (χ3n) is 5.72. The first-order valence-corrected chi connectivity index (χ1v) is 8.13. The molecule has 0 aromatic heterocycles. The summed E-state index contributed by atoms with van der Waals surface area (Å²) in [6.07, 6.45) is 13.6. The Hall–Kier alpha value is -0.0400. The van der Waals surface area contributed by atoms with Crippen molar-refractivity contribution in [2.24, 2.45) is 23.7 Å². The van der Waals surface area contributed by atoms with Gasteiger partial charge in [-0.3, -0.25) is 0 Å². The lowest BCUT2D eigenvalue weighted by atomic mass is 9.83. The molecule has 0 bridgehead atoms. The quantitative estimate of drug-likeness (QED) is 0.760. The summed E-state index contributed by atoms with van der Waals surface area (Å²) in [6, 6.07) is 0.874. The fourth-order valence-electron chi connectivity index (χ4n) is 4.89. The summed E-state index contributed by atoms with van der Waals surface area (Å²) in [5.41, 5.74) is 0. The number of fused-ring (bicyclic) bond motifs is 1. The van der Waals surface area contributed by atoms with Gasteiger partial charge in [0.15, 0.2) is 0 Å². The molecule has 3 atom stereocenters. The molecule has 0 aliphatic heterocycles. The molecule has 3 rings (SSSR count). The lowest BCUT2D eigenvalue weighted by Crippen LogP contribution is -2.35. The van der Waals surface area contributed by atoms with Gasteiger partial charge in [0.05, 0.1) is 0 Å². The van der Waals surface area contributed by atoms with E-state index in [9.17, 15) is 0 Å². The minimum Gasteiger partial charge on any atom is -0.314 e. The molecule has 3 unspecified atom stereocenters. The maximum Gasteiger partial charge on any atom is 0.0103 e. The predicted octanol–water partition coefficient (Wildman–Crippen LogP) is 3.98. The molecular weight excluding hydrogens is 206 g/mol. The second-order valence-corrected chi connectivity index (χ2v) is 6.74. The van der Waals surface area contributed by atoms with E-state index in [0.29, 0.717) is 0 Å². The van der Waals surface area contributed by atoms with Crippen molar-refractivity contribution in [3.63, 3.8) is 0 Å². The minimum atomic E-state index is 0.874. The highest BCUT2D eigenvalue weighted by Crippen LogP contribution is 2.59. The number of hydrogen-bond acceptors (Lipinski definition) is 1. The maximum absolute atomic E-state index is 3.82. The van der Waals surface area contributed by atoms with Crippen LogP contribution in [0.15, 0.2) is 0 Å². The van der Waals surface area contributed by atoms with E-state index in [4.69, 9.17) is 0 Å². The third-order valence-corrected chi connectivity index (χ3v) is 5.72. The highest BCUT2D eigenvalue weighted by atomic mass is 14.9. The summed E-state index contributed by atoms with van der Waals surface area (Å²) in [5.74, 6) is 4.38. The molecule has 3 aliphatic carbocycles. The molecule has 1 nitrogen and oxygen atoms in total. The summed E-state index contributed by atoms with van der Waals surface area (Å²) in [7, 11) is 0. The zero-order valence-electron chi connectivity index (χ0n) is 11.5. The molecule has 3 fully saturated rings. The molecule has 17 heavy (non-hydrogen) atoms. The lowest BCUT2D eigenvalue weighted by Gasteiger charge is -2.28. The molecular formula is C16H29N. The Labute approximate surface area is 107 Å². The number of nitrogens with one attached hydrogen (secondary N) is 1. The second-order valence-electron chi connectivity index (χ2n) is 6.74. The molecule has 3 aliphatic rings. The van der Waals surface area contributed by atoms with E-state index in [1.807, 2.05) is 0 Å². The Morgan fingerprint density at radius 3 is 2.29 bits per heavy atom. The SMILES string of the molecule is CCNC(CC1CCCCC1)C1C2CCCC21. The van der Waals surface area contributed by atoms with E-state index in [-0.39, 0.29) is 0 Å². The summed E-state index contributed by atoms with van der Waals surface area (Å²) < 4.78 is 0. The van der Waals surface area contributed by atoms with E-state index in [0.717, 1.165) is 29.7 Å². The van der Waals surface area contributed by atoms with Crippen LogP contribution in [0.25, 0.3) is 0 Å². The Morgan fingerprint density at radius 1 is 0.941 bits per heavy atom. The first-order valence-electron chi connectivity index (χ1n) is 8.13. The average molecular weight is 235 g/mol. The molecule has 0 aromatic rings. The summed E-state index contributed by atoms with van der Waals surface area (Å²) in [6.45, 7) is 3.46. The first kappa shape index (κ1) is 12.0. The van der Waals surface area contributed by atoms with Crippen molar-refractivity contribution in [2.75, 3.05) is 6.54 Å². The molecule has 1 heteroatoms. The monoisotopic (exact) mass is 235 g/mol. The average Bonchev–Trinajstić information content (AvgIpc) is 2.83. The van der Waals surface area contributed by atoms with Crippen LogP contribution in [0.3, 0.4) is 0 Å². The second kappa shape index (κ2) is 5.30. The van der Waals surface area contributed by atoms with Crippen molar-refractivity contribution in [2.45, 2.75) is 70.8 Å². The van der Waals surface area contributed by atoms with Gasteiger partial charge in [0.1, 0.15) is 0 Å². The van der Waals surface area contributed by atoms with Gasteiger partial charge in [0.2, 0.25) is 0 Å². The van der Waals surface area contributed by atoms with E-state index >= 15 is 0 Å². The molecule has 0 amide bonds. The van der Waals surface area contributed by atoms with Gasteiger partial charge in [-0.2, -0.15) is 0 Å². The van der Waals surface area contributed by atoms with Gasteiger partial charge in [0, 0.05) is 6.04 Å². The number of rotatable bonds is 5. The minimum absolute atomic E-state index is 0.874. The van der Waals surface area contributed by atoms with Crippen molar-refractivity contribution in [1.29, 1.82) is 0 Å². The summed E-state index contributed by atoms with van der Waals surface area (Å²) >= 11 is 0. The fourth-order valence-corrected chi connectivity index (χ4v) is 4.89. The lowest BCUT2D eigenvalue weighted by molar-refractivity contribution is 0.273. The Bertz CT molecular complexity index is 234. The molecule has 0 radical (unpaired) electrons. The van der Waals surface area contributed by atoms with E-state index in [1.165, 1.54) is 51.5 Å². The summed E-state index contributed by atoms with van der Waals surface area (Å²) in [5, 5.41) is 3.82. The first-order chi connectivity index (χ1) is 8.40. The zero-order valence-corrected chi connectivity index (χ0v) is 11.5. The van der Waals surface area contributed by atoms with E-state index in [2.05, 4.69) is 12.2 Å². The van der Waals surface area contributed by atoms with Crippen LogP contribution in [0.2, 0.25) is 0 Å². The number of hydrogen-bond donors (Lipinski definition) is 1. The van der Waals surface area contributed by atoms with E-state index < -0.39 is 0 Å². The summed E-state index contributed by atoms with van der Waals surface area (Å²) in [4.78, 5) is 0. The van der Waals surface area contributed by atoms with Crippen LogP contribution in [0.5, 0.6) is 0 Å². The predicted molar refractivity (Wildman–Crippen MR) is 73.0 cm³/mol. The standard InChI is InChI=1S/C16H29N/c1-2-17-15(11-12-7-4-3-5-8-12)16-13-9-6-10-14(13)16/h12-17H,2-11H2,1H3. The fraction of sp³-hybridized carbons (Fsp3) is 1.00. The van der Waals surface area contributed by atoms with Gasteiger partial charge < -0.3 is 5.32 Å². The van der Waals surface area contributed by atoms with Gasteiger partial charge in [-0.05, 0) is 49.5 Å². The zero-order chi connectivity index (χ0) is 11.7. The van der Waals surface area contributed by atoms with Crippen LogP contribution in [0, 0.1) is 23.7 Å². The molecule has 0 saturated heterocycles. The van der Waals surface area contributed by atoms with Gasteiger partial charge in [0.25, 0.3) is 0 Å². The van der Waals surface area contributed by atoms with Crippen LogP contribution >= 0.6 is 0 Å². The topological polar surface area (TPSA) is 12.0 Å². The molecule has 0 aromatic carbocycles. The van der Waals surface area contributed by atoms with Crippen LogP contribution in [0.4, 0.5) is 0 Å². The third kappa shape index (κ3) is 2.54. The van der Waals surface area contributed by atoms with Gasteiger partial charge >= 0.3 is 0 Å². The van der Waals surface area contributed by atoms with Crippen molar-refractivity contribution in [1.82, 2.24) is 5.32 Å². The molecule has 0 heterocycles. The van der Waals surface area contributed by atoms with Gasteiger partial charge in [-0.1, -0.05) is 45.4 Å². The maximum atomic E-state index is 3.82. The van der Waals surface area contributed by atoms with Crippen molar-refractivity contribution < 1.29 is 0 Å². The van der Waals surface area contributed by atoms with E-state index in [1.54, 1.807) is 12.8 Å². The van der Waals surface area contributed by atoms with Gasteiger partial charge in [-0.15, -0.1) is 0 Å². The molecule has 1 N–H and O–H groups in total. The Morgan fingerprint density at radius 2 is 1.65 bits per heavy atom. The highest BCUT2D eigenvalue weighted by molar-refractivity contribution is 5.06. The molecule has 3 saturated carbocycles. The normalized spacial score (nSPS) is 39.0. The van der Waals surface area contributed by atoms with Crippen LogP contribution in [0.1, 0.15) is 64.7 Å². The Kier molecular flexibility index (Phi) is 3.75. The van der Waals surface area contributed by atoms with Crippen LogP contribution < -0.4 is 5.32 Å². The smallest absolute Gasteiger partial charge is 0.0103 e. The van der Waals surface area contributed by atoms with Crippen LogP contribution in [-0.2, 0) is 0 Å².